The van der Waals surface area contributed by atoms with Crippen LogP contribution < -0.4 is 5.32 Å². The second-order valence-electron chi connectivity index (χ2n) is 6.14. The Morgan fingerprint density at radius 3 is 2.74 bits per heavy atom. The summed E-state index contributed by atoms with van der Waals surface area (Å²) in [6, 6.07) is 0.690. The average Bonchev–Trinajstić information content (AvgIpc) is 2.46. The molecule has 19 heavy (non-hydrogen) atoms. The Hall–Kier alpha value is -0.520. The van der Waals surface area contributed by atoms with Gasteiger partial charge >= 0.3 is 0 Å². The third kappa shape index (κ3) is 3.33. The quantitative estimate of drug-likeness (QED) is 0.560. The molecular weight excluding hydrogens is 234 g/mol. The van der Waals surface area contributed by atoms with E-state index >= 15 is 0 Å². The van der Waals surface area contributed by atoms with E-state index in [-0.39, 0.29) is 0 Å². The van der Waals surface area contributed by atoms with Crippen molar-refractivity contribution < 1.29 is 4.74 Å². The fourth-order valence-electron chi connectivity index (χ4n) is 3.98. The van der Waals surface area contributed by atoms with Crippen LogP contribution in [0.2, 0.25) is 0 Å². The molecule has 2 aliphatic carbocycles. The van der Waals surface area contributed by atoms with Gasteiger partial charge in [0.2, 0.25) is 0 Å². The summed E-state index contributed by atoms with van der Waals surface area (Å²) in [5, 5.41) is 3.78. The van der Waals surface area contributed by atoms with Crippen molar-refractivity contribution in [3.8, 4) is 12.3 Å². The van der Waals surface area contributed by atoms with E-state index in [4.69, 9.17) is 11.2 Å². The summed E-state index contributed by atoms with van der Waals surface area (Å²) >= 11 is 0. The smallest absolute Gasteiger partial charge is 0.0661 e. The maximum absolute atomic E-state index is 5.98. The molecule has 108 valence electrons. The predicted molar refractivity (Wildman–Crippen MR) is 80.0 cm³/mol. The third-order valence-corrected chi connectivity index (χ3v) is 5.08. The van der Waals surface area contributed by atoms with Crippen molar-refractivity contribution >= 4 is 0 Å². The molecule has 0 aromatic rings. The first kappa shape index (κ1) is 14.9. The summed E-state index contributed by atoms with van der Waals surface area (Å²) in [6.45, 7) is 4.10. The number of terminal acetylenes is 1. The van der Waals surface area contributed by atoms with Crippen LogP contribution in [0.15, 0.2) is 0 Å². The molecule has 1 N–H and O–H groups in total. The SMILES string of the molecule is C#CCCCCNC1CC(OCC)C12CCCCC2. The highest BCUT2D eigenvalue weighted by Gasteiger charge is 2.55. The molecule has 0 radical (unpaired) electrons. The van der Waals surface area contributed by atoms with Crippen LogP contribution in [0, 0.1) is 17.8 Å². The first-order valence-electron chi connectivity index (χ1n) is 8.12. The summed E-state index contributed by atoms with van der Waals surface area (Å²) in [5.74, 6) is 2.72. The Kier molecular flexibility index (Phi) is 5.73. The Bertz CT molecular complexity index is 301. The fourth-order valence-corrected chi connectivity index (χ4v) is 3.98. The van der Waals surface area contributed by atoms with Crippen LogP contribution in [0.1, 0.15) is 64.7 Å². The zero-order valence-corrected chi connectivity index (χ0v) is 12.4. The number of nitrogens with one attached hydrogen (secondary N) is 1. The summed E-state index contributed by atoms with van der Waals surface area (Å²) < 4.78 is 5.98. The molecule has 0 aliphatic heterocycles. The highest BCUT2D eigenvalue weighted by molar-refractivity contribution is 5.08. The molecule has 2 fully saturated rings. The van der Waals surface area contributed by atoms with Crippen LogP contribution in [0.25, 0.3) is 0 Å². The van der Waals surface area contributed by atoms with Gasteiger partial charge in [0.15, 0.2) is 0 Å². The van der Waals surface area contributed by atoms with Gasteiger partial charge in [-0.2, -0.15) is 0 Å². The Balaban J connectivity index is 1.78. The van der Waals surface area contributed by atoms with Crippen LogP contribution >= 0.6 is 0 Å². The van der Waals surface area contributed by atoms with Crippen molar-refractivity contribution in [1.82, 2.24) is 5.32 Å². The summed E-state index contributed by atoms with van der Waals surface area (Å²) in [5.41, 5.74) is 0.459. The van der Waals surface area contributed by atoms with Crippen molar-refractivity contribution in [1.29, 1.82) is 0 Å². The van der Waals surface area contributed by atoms with Crippen molar-refractivity contribution in [3.63, 3.8) is 0 Å². The van der Waals surface area contributed by atoms with Gasteiger partial charge in [-0.15, -0.1) is 12.3 Å². The van der Waals surface area contributed by atoms with Gasteiger partial charge in [-0.3, -0.25) is 0 Å². The monoisotopic (exact) mass is 263 g/mol. The first-order valence-corrected chi connectivity index (χ1v) is 8.12. The highest BCUT2D eigenvalue weighted by Crippen LogP contribution is 2.53. The third-order valence-electron chi connectivity index (χ3n) is 5.08. The van der Waals surface area contributed by atoms with E-state index in [1.165, 1.54) is 44.9 Å². The topological polar surface area (TPSA) is 21.3 Å². The van der Waals surface area contributed by atoms with E-state index in [9.17, 15) is 0 Å². The van der Waals surface area contributed by atoms with Gasteiger partial charge in [0, 0.05) is 24.5 Å². The average molecular weight is 263 g/mol. The Labute approximate surface area is 118 Å². The molecule has 2 nitrogen and oxygen atoms in total. The van der Waals surface area contributed by atoms with E-state index in [1.807, 2.05) is 0 Å². The Morgan fingerprint density at radius 2 is 2.05 bits per heavy atom. The molecule has 2 saturated carbocycles. The van der Waals surface area contributed by atoms with Gasteiger partial charge in [0.1, 0.15) is 0 Å². The van der Waals surface area contributed by atoms with Gasteiger partial charge in [0.25, 0.3) is 0 Å². The normalized spacial score (nSPS) is 28.8. The molecule has 2 aliphatic rings. The summed E-state index contributed by atoms with van der Waals surface area (Å²) in [7, 11) is 0. The number of hydrogen-bond donors (Lipinski definition) is 1. The molecule has 0 bridgehead atoms. The van der Waals surface area contributed by atoms with Crippen molar-refractivity contribution in [2.75, 3.05) is 13.2 Å². The first-order chi connectivity index (χ1) is 9.33. The van der Waals surface area contributed by atoms with Gasteiger partial charge < -0.3 is 10.1 Å². The van der Waals surface area contributed by atoms with Crippen LogP contribution in [0.5, 0.6) is 0 Å². The van der Waals surface area contributed by atoms with Gasteiger partial charge in [-0.25, -0.2) is 0 Å². The zero-order valence-electron chi connectivity index (χ0n) is 12.4. The summed E-state index contributed by atoms with van der Waals surface area (Å²) in [6.07, 6.45) is 17.2. The predicted octanol–water partition coefficient (Wildman–Crippen LogP) is 3.51. The van der Waals surface area contributed by atoms with Crippen molar-refractivity contribution in [3.05, 3.63) is 0 Å². The van der Waals surface area contributed by atoms with Crippen LogP contribution in [0.4, 0.5) is 0 Å². The molecule has 0 heterocycles. The van der Waals surface area contributed by atoms with Crippen molar-refractivity contribution in [2.45, 2.75) is 76.9 Å². The van der Waals surface area contributed by atoms with E-state index in [0.29, 0.717) is 17.6 Å². The minimum Gasteiger partial charge on any atom is -0.378 e. The van der Waals surface area contributed by atoms with Gasteiger partial charge in [-0.1, -0.05) is 19.3 Å². The van der Waals surface area contributed by atoms with E-state index in [1.54, 1.807) is 0 Å². The lowest BCUT2D eigenvalue weighted by Gasteiger charge is -2.58. The molecule has 0 aromatic carbocycles. The molecular formula is C17H29NO. The fraction of sp³-hybridized carbons (Fsp3) is 0.882. The molecule has 2 heteroatoms. The lowest BCUT2D eigenvalue weighted by atomic mass is 9.55. The molecule has 2 atom stereocenters. The minimum absolute atomic E-state index is 0.459. The lowest BCUT2D eigenvalue weighted by Crippen LogP contribution is -2.64. The van der Waals surface area contributed by atoms with Crippen molar-refractivity contribution in [2.24, 2.45) is 5.41 Å². The number of unbranched alkanes of at least 4 members (excludes halogenated alkanes) is 2. The minimum atomic E-state index is 0.459. The van der Waals surface area contributed by atoms with Crippen LogP contribution in [-0.2, 0) is 4.74 Å². The second kappa shape index (κ2) is 7.31. The van der Waals surface area contributed by atoms with E-state index < -0.39 is 0 Å². The standard InChI is InChI=1S/C17H29NO/c1-3-5-6-10-13-18-15-14-16(19-4-2)17(15)11-8-7-9-12-17/h1,15-16,18H,4-14H2,2H3. The molecule has 2 rings (SSSR count). The number of hydrogen-bond acceptors (Lipinski definition) is 2. The number of rotatable bonds is 7. The Morgan fingerprint density at radius 1 is 1.26 bits per heavy atom. The summed E-state index contributed by atoms with van der Waals surface area (Å²) in [4.78, 5) is 0. The molecule has 0 amide bonds. The molecule has 0 saturated heterocycles. The van der Waals surface area contributed by atoms with Gasteiger partial charge in [0.05, 0.1) is 6.10 Å². The lowest BCUT2D eigenvalue weighted by molar-refractivity contribution is -0.149. The second-order valence-corrected chi connectivity index (χ2v) is 6.14. The molecule has 1 spiro atoms. The maximum atomic E-state index is 5.98. The largest absolute Gasteiger partial charge is 0.378 e. The molecule has 2 unspecified atom stereocenters. The molecule has 0 aromatic heterocycles. The zero-order chi connectivity index (χ0) is 13.6. The maximum Gasteiger partial charge on any atom is 0.0661 e. The van der Waals surface area contributed by atoms with E-state index in [0.717, 1.165) is 26.0 Å². The van der Waals surface area contributed by atoms with Crippen LogP contribution in [-0.4, -0.2) is 25.3 Å². The van der Waals surface area contributed by atoms with Crippen LogP contribution in [0.3, 0.4) is 0 Å². The highest BCUT2D eigenvalue weighted by atomic mass is 16.5. The van der Waals surface area contributed by atoms with E-state index in [2.05, 4.69) is 18.2 Å². The van der Waals surface area contributed by atoms with Gasteiger partial charge in [-0.05, 0) is 45.6 Å². The number of ether oxygens (including phenoxy) is 1.